The number of aromatic amines is 1. The number of hydrogen-bond acceptors (Lipinski definition) is 6. The molecule has 0 saturated carbocycles. The Kier molecular flexibility index (Phi) is 5.80. The molecule has 2 N–H and O–H groups in total. The Balaban J connectivity index is 1.54. The minimum atomic E-state index is -0.450. The number of nitrogens with one attached hydrogen (secondary N) is 1. The molecule has 178 valence electrons. The molecule has 9 nitrogen and oxygen atoms in total. The first-order valence-electron chi connectivity index (χ1n) is 11.7. The molecule has 1 aromatic heterocycles. The van der Waals surface area contributed by atoms with Crippen molar-refractivity contribution in [2.75, 3.05) is 66.2 Å². The molecule has 2 saturated heterocycles. The number of carbonyl (C=O) groups excluding carboxylic acids is 2. The predicted octanol–water partition coefficient (Wildman–Crippen LogP) is 0.874. The van der Waals surface area contributed by atoms with Crippen molar-refractivity contribution in [2.24, 2.45) is 0 Å². The lowest BCUT2D eigenvalue weighted by atomic mass is 9.68. The molecule has 2 fully saturated rings. The van der Waals surface area contributed by atoms with Gasteiger partial charge in [0.2, 0.25) is 11.8 Å². The summed E-state index contributed by atoms with van der Waals surface area (Å²) < 4.78 is 10.8. The van der Waals surface area contributed by atoms with E-state index in [0.717, 1.165) is 41.0 Å². The van der Waals surface area contributed by atoms with Crippen LogP contribution in [0.5, 0.6) is 5.75 Å². The molecule has 0 unspecified atom stereocenters. The molecule has 9 heteroatoms. The minimum absolute atomic E-state index is 0.00233. The van der Waals surface area contributed by atoms with Crippen molar-refractivity contribution < 1.29 is 24.2 Å². The highest BCUT2D eigenvalue weighted by Gasteiger charge is 2.54. The zero-order chi connectivity index (χ0) is 23.2. The maximum Gasteiger partial charge on any atom is 0.237 e. The molecule has 2 aromatic rings. The van der Waals surface area contributed by atoms with Gasteiger partial charge in [-0.1, -0.05) is 6.92 Å². The summed E-state index contributed by atoms with van der Waals surface area (Å²) in [5, 5.41) is 11.5. The number of methoxy groups -OCH3 is 1. The molecule has 1 aromatic carbocycles. The van der Waals surface area contributed by atoms with Crippen molar-refractivity contribution in [2.45, 2.75) is 24.8 Å². The number of nitrogens with zero attached hydrogens (tertiary/aromatic N) is 3. The van der Waals surface area contributed by atoms with Gasteiger partial charge in [0.05, 0.1) is 44.9 Å². The van der Waals surface area contributed by atoms with Crippen molar-refractivity contribution in [3.63, 3.8) is 0 Å². The van der Waals surface area contributed by atoms with E-state index in [4.69, 9.17) is 9.47 Å². The van der Waals surface area contributed by atoms with Crippen LogP contribution in [0.3, 0.4) is 0 Å². The van der Waals surface area contributed by atoms with Crippen LogP contribution in [0, 0.1) is 0 Å². The Hall–Kier alpha value is -2.62. The van der Waals surface area contributed by atoms with Crippen molar-refractivity contribution >= 4 is 22.7 Å². The molecule has 0 bridgehead atoms. The van der Waals surface area contributed by atoms with Gasteiger partial charge in [0.25, 0.3) is 0 Å². The summed E-state index contributed by atoms with van der Waals surface area (Å²) in [5.41, 5.74) is 2.56. The van der Waals surface area contributed by atoms with Gasteiger partial charge in [0.15, 0.2) is 0 Å². The van der Waals surface area contributed by atoms with E-state index in [1.54, 1.807) is 7.11 Å². The van der Waals surface area contributed by atoms with Gasteiger partial charge in [-0.25, -0.2) is 0 Å². The van der Waals surface area contributed by atoms with Gasteiger partial charge in [-0.3, -0.25) is 14.5 Å². The number of benzene rings is 1. The zero-order valence-electron chi connectivity index (χ0n) is 19.3. The number of fused-ring (bicyclic) bond motifs is 4. The van der Waals surface area contributed by atoms with Crippen LogP contribution in [0.4, 0.5) is 0 Å². The lowest BCUT2D eigenvalue weighted by molar-refractivity contribution is -0.146. The first kappa shape index (κ1) is 22.2. The lowest BCUT2D eigenvalue weighted by Gasteiger charge is -2.56. The summed E-state index contributed by atoms with van der Waals surface area (Å²) in [6.45, 7) is 6.35. The Morgan fingerprint density at radius 3 is 2.64 bits per heavy atom. The number of likely N-dealkylation sites (tertiary alicyclic amines) is 1. The first-order chi connectivity index (χ1) is 16.0. The molecule has 0 aliphatic carbocycles. The maximum atomic E-state index is 13.5. The van der Waals surface area contributed by atoms with E-state index < -0.39 is 6.04 Å². The van der Waals surface area contributed by atoms with Crippen LogP contribution < -0.4 is 4.74 Å². The van der Waals surface area contributed by atoms with E-state index in [1.807, 2.05) is 34.9 Å². The number of carbonyl (C=O) groups is 2. The second-order valence-electron chi connectivity index (χ2n) is 9.32. The number of aliphatic hydroxyl groups is 1. The molecule has 1 spiro atoms. The molecule has 5 rings (SSSR count). The van der Waals surface area contributed by atoms with Crippen molar-refractivity contribution in [3.05, 3.63) is 29.5 Å². The van der Waals surface area contributed by atoms with Crippen LogP contribution >= 0.6 is 0 Å². The van der Waals surface area contributed by atoms with E-state index >= 15 is 0 Å². The number of ether oxygens (including phenoxy) is 2. The topological polar surface area (TPSA) is 98.3 Å². The second kappa shape index (κ2) is 8.62. The average molecular weight is 457 g/mol. The third-order valence-electron chi connectivity index (χ3n) is 7.35. The van der Waals surface area contributed by atoms with Crippen molar-refractivity contribution in [3.8, 4) is 5.75 Å². The van der Waals surface area contributed by atoms with Crippen molar-refractivity contribution in [1.29, 1.82) is 0 Å². The smallest absolute Gasteiger partial charge is 0.237 e. The van der Waals surface area contributed by atoms with Gasteiger partial charge in [0, 0.05) is 61.8 Å². The molecule has 1 atom stereocenters. The van der Waals surface area contributed by atoms with E-state index in [1.165, 1.54) is 0 Å². The SMILES string of the molecule is CCC(=O)N1CC2(C1)CN(C(=O)CN1CCOCC1)[C@@H](CO)c1[nH]c3cc(OC)ccc3c12. The Morgan fingerprint density at radius 1 is 1.21 bits per heavy atom. The summed E-state index contributed by atoms with van der Waals surface area (Å²) in [6.07, 6.45) is 0.465. The summed E-state index contributed by atoms with van der Waals surface area (Å²) >= 11 is 0. The van der Waals surface area contributed by atoms with Crippen molar-refractivity contribution in [1.82, 2.24) is 19.7 Å². The Morgan fingerprint density at radius 2 is 1.97 bits per heavy atom. The number of aliphatic hydroxyl groups excluding tert-OH is 1. The summed E-state index contributed by atoms with van der Waals surface area (Å²) in [5.74, 6) is 0.865. The van der Waals surface area contributed by atoms with Gasteiger partial charge in [0.1, 0.15) is 5.75 Å². The maximum absolute atomic E-state index is 13.5. The van der Waals surface area contributed by atoms with Gasteiger partial charge < -0.3 is 29.4 Å². The fraction of sp³-hybridized carbons (Fsp3) is 0.583. The lowest BCUT2D eigenvalue weighted by Crippen LogP contribution is -2.68. The van der Waals surface area contributed by atoms with E-state index in [9.17, 15) is 14.7 Å². The van der Waals surface area contributed by atoms with E-state index in [0.29, 0.717) is 45.8 Å². The molecule has 3 aliphatic rings. The Labute approximate surface area is 193 Å². The molecule has 2 amide bonds. The van der Waals surface area contributed by atoms with Crippen LogP contribution in [-0.2, 0) is 19.7 Å². The molecule has 4 heterocycles. The Bertz CT molecular complexity index is 1050. The van der Waals surface area contributed by atoms with Gasteiger partial charge >= 0.3 is 0 Å². The quantitative estimate of drug-likeness (QED) is 0.693. The van der Waals surface area contributed by atoms with E-state index in [-0.39, 0.29) is 23.8 Å². The van der Waals surface area contributed by atoms with Crippen LogP contribution in [0.1, 0.15) is 30.6 Å². The van der Waals surface area contributed by atoms with Gasteiger partial charge in [-0.2, -0.15) is 0 Å². The van der Waals surface area contributed by atoms with Crippen LogP contribution in [0.15, 0.2) is 18.2 Å². The summed E-state index contributed by atoms with van der Waals surface area (Å²) in [6, 6.07) is 5.47. The number of hydrogen-bond donors (Lipinski definition) is 2. The monoisotopic (exact) mass is 456 g/mol. The highest BCUT2D eigenvalue weighted by Crippen LogP contribution is 2.48. The minimum Gasteiger partial charge on any atom is -0.497 e. The predicted molar refractivity (Wildman–Crippen MR) is 122 cm³/mol. The highest BCUT2D eigenvalue weighted by molar-refractivity contribution is 5.90. The first-order valence-corrected chi connectivity index (χ1v) is 11.7. The molecule has 0 radical (unpaired) electrons. The number of rotatable bonds is 5. The number of morpholine rings is 1. The fourth-order valence-electron chi connectivity index (χ4n) is 5.65. The van der Waals surface area contributed by atoms with Crippen LogP contribution in [0.2, 0.25) is 0 Å². The standard InChI is InChI=1S/C24H32N4O5/c1-3-20(30)27-13-24(14-27)15-28(21(31)11-26-6-8-33-9-7-26)19(12-29)23-22(24)17-5-4-16(32-2)10-18(17)25-23/h4-5,10,19,25,29H,3,6-9,11-15H2,1-2H3/t19-/m0/s1. The normalized spacial score (nSPS) is 22.3. The summed E-state index contributed by atoms with van der Waals surface area (Å²) in [7, 11) is 1.63. The summed E-state index contributed by atoms with van der Waals surface area (Å²) in [4.78, 5) is 35.1. The fourth-order valence-corrected chi connectivity index (χ4v) is 5.65. The average Bonchev–Trinajstić information content (AvgIpc) is 3.20. The third kappa shape index (κ3) is 3.68. The van der Waals surface area contributed by atoms with Crippen LogP contribution in [-0.4, -0.2) is 103 Å². The molecular weight excluding hydrogens is 424 g/mol. The second-order valence-corrected chi connectivity index (χ2v) is 9.32. The van der Waals surface area contributed by atoms with E-state index in [2.05, 4.69) is 9.88 Å². The van der Waals surface area contributed by atoms with Gasteiger partial charge in [-0.15, -0.1) is 0 Å². The molecule has 33 heavy (non-hydrogen) atoms. The highest BCUT2D eigenvalue weighted by atomic mass is 16.5. The zero-order valence-corrected chi connectivity index (χ0v) is 19.3. The molecular formula is C24H32N4O5. The number of aromatic nitrogens is 1. The molecule has 3 aliphatic heterocycles. The van der Waals surface area contributed by atoms with Gasteiger partial charge in [-0.05, 0) is 17.7 Å². The number of amides is 2. The number of H-pyrrole nitrogens is 1. The largest absolute Gasteiger partial charge is 0.497 e. The third-order valence-corrected chi connectivity index (χ3v) is 7.35. The van der Waals surface area contributed by atoms with Crippen LogP contribution in [0.25, 0.3) is 10.9 Å².